The van der Waals surface area contributed by atoms with Gasteiger partial charge in [-0.15, -0.1) is 0 Å². The average molecular weight is 362 g/mol. The topological polar surface area (TPSA) is 67.9 Å². The lowest BCUT2D eigenvalue weighted by atomic mass is 10.1. The van der Waals surface area contributed by atoms with Gasteiger partial charge >= 0.3 is 0 Å². The summed E-state index contributed by atoms with van der Waals surface area (Å²) in [5, 5.41) is 2.96. The molecule has 2 amide bonds. The number of unbranched alkanes of at least 4 members (excludes halogenated alkanes) is 2. The van der Waals surface area contributed by atoms with Gasteiger partial charge < -0.3 is 19.7 Å². The van der Waals surface area contributed by atoms with Crippen LogP contribution < -0.4 is 14.8 Å². The van der Waals surface area contributed by atoms with Gasteiger partial charge in [0, 0.05) is 26.1 Å². The van der Waals surface area contributed by atoms with E-state index in [1.54, 1.807) is 14.2 Å². The molecule has 2 rings (SSSR count). The highest BCUT2D eigenvalue weighted by Crippen LogP contribution is 2.27. The number of nitrogens with one attached hydrogen (secondary N) is 1. The summed E-state index contributed by atoms with van der Waals surface area (Å²) in [5.74, 6) is 1.21. The summed E-state index contributed by atoms with van der Waals surface area (Å²) in [6.45, 7) is 3.99. The summed E-state index contributed by atoms with van der Waals surface area (Å²) in [5.41, 5.74) is 1.06. The largest absolute Gasteiger partial charge is 0.493 e. The van der Waals surface area contributed by atoms with Gasteiger partial charge in [0.15, 0.2) is 11.5 Å². The van der Waals surface area contributed by atoms with Crippen molar-refractivity contribution in [3.8, 4) is 11.5 Å². The van der Waals surface area contributed by atoms with Crippen molar-refractivity contribution < 1.29 is 19.1 Å². The summed E-state index contributed by atoms with van der Waals surface area (Å²) in [6.07, 6.45) is 4.28. The van der Waals surface area contributed by atoms with Crippen LogP contribution in [0.25, 0.3) is 0 Å². The fraction of sp³-hybridized carbons (Fsp3) is 0.600. The molecule has 6 heteroatoms. The Morgan fingerprint density at radius 2 is 2.00 bits per heavy atom. The van der Waals surface area contributed by atoms with Crippen molar-refractivity contribution in [3.05, 3.63) is 23.8 Å². The molecular formula is C20H30N2O4. The summed E-state index contributed by atoms with van der Waals surface area (Å²) in [6, 6.07) is 5.74. The Balaban J connectivity index is 1.78. The van der Waals surface area contributed by atoms with E-state index in [1.807, 2.05) is 23.1 Å². The molecule has 1 aromatic rings. The van der Waals surface area contributed by atoms with E-state index in [0.717, 1.165) is 31.4 Å². The van der Waals surface area contributed by atoms with E-state index in [-0.39, 0.29) is 17.7 Å². The van der Waals surface area contributed by atoms with Crippen LogP contribution in [-0.4, -0.2) is 50.6 Å². The molecule has 0 aliphatic carbocycles. The van der Waals surface area contributed by atoms with E-state index < -0.39 is 0 Å². The van der Waals surface area contributed by atoms with Crippen LogP contribution in [0.15, 0.2) is 18.2 Å². The molecule has 144 valence electrons. The first-order chi connectivity index (χ1) is 12.6. The van der Waals surface area contributed by atoms with Crippen LogP contribution in [-0.2, 0) is 16.0 Å². The molecule has 1 N–H and O–H groups in total. The van der Waals surface area contributed by atoms with Crippen LogP contribution >= 0.6 is 0 Å². The summed E-state index contributed by atoms with van der Waals surface area (Å²) >= 11 is 0. The predicted octanol–water partition coefficient (Wildman–Crippen LogP) is 2.40. The highest BCUT2D eigenvalue weighted by atomic mass is 16.5. The number of carbonyl (C=O) groups excluding carboxylic acids is 2. The van der Waals surface area contributed by atoms with Gasteiger partial charge in [-0.25, -0.2) is 0 Å². The maximum Gasteiger partial charge on any atom is 0.225 e. The van der Waals surface area contributed by atoms with Gasteiger partial charge in [-0.3, -0.25) is 9.59 Å². The van der Waals surface area contributed by atoms with Crippen LogP contribution in [0, 0.1) is 5.92 Å². The van der Waals surface area contributed by atoms with Crippen LogP contribution in [0.5, 0.6) is 11.5 Å². The molecule has 1 aliphatic heterocycles. The number of amides is 2. The van der Waals surface area contributed by atoms with Crippen LogP contribution in [0.1, 0.15) is 38.2 Å². The second-order valence-corrected chi connectivity index (χ2v) is 6.68. The molecule has 1 aromatic carbocycles. The zero-order valence-corrected chi connectivity index (χ0v) is 16.0. The van der Waals surface area contributed by atoms with E-state index in [1.165, 1.54) is 0 Å². The van der Waals surface area contributed by atoms with E-state index in [0.29, 0.717) is 37.4 Å². The predicted molar refractivity (Wildman–Crippen MR) is 100 cm³/mol. The van der Waals surface area contributed by atoms with Crippen molar-refractivity contribution in [2.45, 2.75) is 39.0 Å². The molecule has 1 heterocycles. The number of ether oxygens (including phenoxy) is 2. The molecule has 0 aromatic heterocycles. The van der Waals surface area contributed by atoms with Crippen LogP contribution in [0.3, 0.4) is 0 Å². The third-order valence-corrected chi connectivity index (χ3v) is 4.78. The Kier molecular flexibility index (Phi) is 7.75. The number of hydrogen-bond acceptors (Lipinski definition) is 4. The first-order valence-electron chi connectivity index (χ1n) is 9.35. The Morgan fingerprint density at radius 1 is 1.23 bits per heavy atom. The van der Waals surface area contributed by atoms with Gasteiger partial charge in [0.05, 0.1) is 20.1 Å². The lowest BCUT2D eigenvalue weighted by Gasteiger charge is -2.16. The van der Waals surface area contributed by atoms with Gasteiger partial charge in [0.25, 0.3) is 0 Å². The smallest absolute Gasteiger partial charge is 0.225 e. The first kappa shape index (κ1) is 20.1. The first-order valence-corrected chi connectivity index (χ1v) is 9.35. The van der Waals surface area contributed by atoms with Gasteiger partial charge in [-0.05, 0) is 30.5 Å². The maximum atomic E-state index is 12.3. The zero-order valence-electron chi connectivity index (χ0n) is 16.0. The lowest BCUT2D eigenvalue weighted by Crippen LogP contribution is -2.34. The normalized spacial score (nSPS) is 16.7. The van der Waals surface area contributed by atoms with Gasteiger partial charge in [0.2, 0.25) is 11.8 Å². The van der Waals surface area contributed by atoms with E-state index in [2.05, 4.69) is 12.2 Å². The average Bonchev–Trinajstić information content (AvgIpc) is 3.02. The fourth-order valence-corrected chi connectivity index (χ4v) is 3.23. The zero-order chi connectivity index (χ0) is 18.9. The number of benzene rings is 1. The number of nitrogens with zero attached hydrogens (tertiary/aromatic N) is 1. The van der Waals surface area contributed by atoms with Crippen molar-refractivity contribution in [3.63, 3.8) is 0 Å². The fourth-order valence-electron chi connectivity index (χ4n) is 3.23. The quantitative estimate of drug-likeness (QED) is 0.649. The Hall–Kier alpha value is -2.24. The molecule has 0 bridgehead atoms. The SMILES string of the molecule is CCCCCN1C[C@@H](C(=O)NCCc2ccc(OC)c(OC)c2)CC1=O. The van der Waals surface area contributed by atoms with E-state index in [9.17, 15) is 9.59 Å². The van der Waals surface area contributed by atoms with E-state index >= 15 is 0 Å². The molecule has 1 saturated heterocycles. The number of methoxy groups -OCH3 is 2. The van der Waals surface area contributed by atoms with Gasteiger partial charge in [-0.1, -0.05) is 25.8 Å². The second-order valence-electron chi connectivity index (χ2n) is 6.68. The molecule has 1 atom stereocenters. The third kappa shape index (κ3) is 5.38. The molecule has 0 unspecified atom stereocenters. The monoisotopic (exact) mass is 362 g/mol. The van der Waals surface area contributed by atoms with E-state index in [4.69, 9.17) is 9.47 Å². The van der Waals surface area contributed by atoms with Crippen LogP contribution in [0.2, 0.25) is 0 Å². The lowest BCUT2D eigenvalue weighted by molar-refractivity contribution is -0.129. The summed E-state index contributed by atoms with van der Waals surface area (Å²) in [4.78, 5) is 26.2. The molecule has 6 nitrogen and oxygen atoms in total. The highest BCUT2D eigenvalue weighted by molar-refractivity contribution is 5.89. The highest BCUT2D eigenvalue weighted by Gasteiger charge is 2.33. The number of likely N-dealkylation sites (tertiary alicyclic amines) is 1. The standard InChI is InChI=1S/C20H30N2O4/c1-4-5-6-11-22-14-16(13-19(22)23)20(24)21-10-9-15-7-8-17(25-2)18(12-15)26-3/h7-8,12,16H,4-6,9-11,13-14H2,1-3H3,(H,21,24)/t16-/m0/s1. The van der Waals surface area contributed by atoms with Crippen molar-refractivity contribution in [1.82, 2.24) is 10.2 Å². The molecule has 0 saturated carbocycles. The van der Waals surface area contributed by atoms with Crippen molar-refractivity contribution in [1.29, 1.82) is 0 Å². The number of carbonyl (C=O) groups is 2. The van der Waals surface area contributed by atoms with Crippen LogP contribution in [0.4, 0.5) is 0 Å². The van der Waals surface area contributed by atoms with Crippen molar-refractivity contribution in [2.75, 3.05) is 33.9 Å². The Morgan fingerprint density at radius 3 is 2.69 bits per heavy atom. The summed E-state index contributed by atoms with van der Waals surface area (Å²) in [7, 11) is 3.21. The van der Waals surface area contributed by atoms with Gasteiger partial charge in [0.1, 0.15) is 0 Å². The minimum atomic E-state index is -0.227. The summed E-state index contributed by atoms with van der Waals surface area (Å²) < 4.78 is 10.5. The maximum absolute atomic E-state index is 12.3. The van der Waals surface area contributed by atoms with Gasteiger partial charge in [-0.2, -0.15) is 0 Å². The number of hydrogen-bond donors (Lipinski definition) is 1. The molecule has 1 fully saturated rings. The Bertz CT molecular complexity index is 618. The third-order valence-electron chi connectivity index (χ3n) is 4.78. The van der Waals surface area contributed by atoms with Crippen molar-refractivity contribution in [2.24, 2.45) is 5.92 Å². The molecule has 26 heavy (non-hydrogen) atoms. The second kappa shape index (κ2) is 10.0. The molecule has 1 aliphatic rings. The molecule has 0 spiro atoms. The van der Waals surface area contributed by atoms with Crippen molar-refractivity contribution >= 4 is 11.8 Å². The minimum absolute atomic E-state index is 0.0307. The molecule has 0 radical (unpaired) electrons. The minimum Gasteiger partial charge on any atom is -0.493 e. The molecular weight excluding hydrogens is 332 g/mol. The number of rotatable bonds is 10. The Labute approximate surface area is 155 Å².